The quantitative estimate of drug-likeness (QED) is 0.751. The molecule has 0 aliphatic carbocycles. The van der Waals surface area contributed by atoms with Gasteiger partial charge >= 0.3 is 0 Å². The summed E-state index contributed by atoms with van der Waals surface area (Å²) in [5.41, 5.74) is 1.98. The van der Waals surface area contributed by atoms with Crippen LogP contribution < -0.4 is 4.74 Å². The van der Waals surface area contributed by atoms with Crippen LogP contribution in [0.1, 0.15) is 25.5 Å². The summed E-state index contributed by atoms with van der Waals surface area (Å²) in [6, 6.07) is 3.89. The van der Waals surface area contributed by atoms with Gasteiger partial charge in [0.15, 0.2) is 0 Å². The van der Waals surface area contributed by atoms with Gasteiger partial charge < -0.3 is 4.74 Å². The molecule has 0 spiro atoms. The smallest absolute Gasteiger partial charge is 0.131 e. The largest absolute Gasteiger partial charge is 0.496 e. The number of hydrogen-bond donors (Lipinski definition) is 0. The lowest BCUT2D eigenvalue weighted by Gasteiger charge is -2.09. The summed E-state index contributed by atoms with van der Waals surface area (Å²) in [5, 5.41) is 0.962. The van der Waals surface area contributed by atoms with Crippen LogP contribution in [0.25, 0.3) is 10.9 Å². The number of fused-ring (bicyclic) bond motifs is 1. The Morgan fingerprint density at radius 2 is 2.13 bits per heavy atom. The molecule has 78 valence electrons. The van der Waals surface area contributed by atoms with Crippen LogP contribution in [0.15, 0.2) is 24.5 Å². The molecule has 0 saturated carbocycles. The van der Waals surface area contributed by atoms with Crippen molar-refractivity contribution in [3.05, 3.63) is 30.2 Å². The summed E-state index contributed by atoms with van der Waals surface area (Å²) < 4.78 is 5.34. The fourth-order valence-corrected chi connectivity index (χ4v) is 1.52. The van der Waals surface area contributed by atoms with Crippen LogP contribution in [0, 0.1) is 0 Å². The highest BCUT2D eigenvalue weighted by molar-refractivity contribution is 5.84. The third-order valence-electron chi connectivity index (χ3n) is 2.40. The zero-order valence-electron chi connectivity index (χ0n) is 9.19. The minimum absolute atomic E-state index is 0.400. The molecular weight excluding hydrogens is 188 g/mol. The van der Waals surface area contributed by atoms with Gasteiger partial charge in [-0.1, -0.05) is 13.8 Å². The van der Waals surface area contributed by atoms with Crippen LogP contribution in [0.3, 0.4) is 0 Å². The Kier molecular flexibility index (Phi) is 2.54. The van der Waals surface area contributed by atoms with Crippen LogP contribution in [-0.4, -0.2) is 17.1 Å². The number of rotatable bonds is 2. The zero-order valence-corrected chi connectivity index (χ0v) is 9.19. The molecule has 0 amide bonds. The zero-order chi connectivity index (χ0) is 10.8. The summed E-state index contributed by atoms with van der Waals surface area (Å²) in [6.07, 6.45) is 3.53. The molecule has 2 aromatic heterocycles. The van der Waals surface area contributed by atoms with Crippen molar-refractivity contribution in [3.8, 4) is 5.75 Å². The molecule has 3 nitrogen and oxygen atoms in total. The summed E-state index contributed by atoms with van der Waals surface area (Å²) in [4.78, 5) is 8.64. The fourth-order valence-electron chi connectivity index (χ4n) is 1.52. The van der Waals surface area contributed by atoms with E-state index >= 15 is 0 Å². The van der Waals surface area contributed by atoms with E-state index in [2.05, 4.69) is 23.8 Å². The van der Waals surface area contributed by atoms with E-state index in [4.69, 9.17) is 4.74 Å². The third-order valence-corrected chi connectivity index (χ3v) is 2.40. The van der Waals surface area contributed by atoms with Crippen molar-refractivity contribution in [1.82, 2.24) is 9.97 Å². The second kappa shape index (κ2) is 3.85. The highest BCUT2D eigenvalue weighted by atomic mass is 16.5. The van der Waals surface area contributed by atoms with Crippen molar-refractivity contribution >= 4 is 10.9 Å². The van der Waals surface area contributed by atoms with Crippen molar-refractivity contribution < 1.29 is 4.74 Å². The second-order valence-electron chi connectivity index (χ2n) is 3.80. The SMILES string of the molecule is COc1cc(C(C)C)nc2ccncc12. The standard InChI is InChI=1S/C12H14N2O/c1-8(2)11-6-12(15-3)9-7-13-5-4-10(9)14-11/h4-8H,1-3H3. The van der Waals surface area contributed by atoms with Crippen LogP contribution >= 0.6 is 0 Å². The number of nitrogens with zero attached hydrogens (tertiary/aromatic N) is 2. The molecule has 15 heavy (non-hydrogen) atoms. The van der Waals surface area contributed by atoms with Crippen LogP contribution in [0.2, 0.25) is 0 Å². The molecule has 0 saturated heterocycles. The van der Waals surface area contributed by atoms with Crippen LogP contribution in [0.4, 0.5) is 0 Å². The van der Waals surface area contributed by atoms with Gasteiger partial charge in [-0.05, 0) is 12.0 Å². The van der Waals surface area contributed by atoms with Crippen molar-refractivity contribution in [2.24, 2.45) is 0 Å². The molecule has 0 bridgehead atoms. The lowest BCUT2D eigenvalue weighted by Crippen LogP contribution is -1.96. The molecule has 0 aliphatic rings. The Hall–Kier alpha value is -1.64. The second-order valence-corrected chi connectivity index (χ2v) is 3.80. The van der Waals surface area contributed by atoms with Gasteiger partial charge in [0.2, 0.25) is 0 Å². The molecule has 0 aromatic carbocycles. The van der Waals surface area contributed by atoms with Crippen molar-refractivity contribution in [2.75, 3.05) is 7.11 Å². The van der Waals surface area contributed by atoms with Gasteiger partial charge in [0.25, 0.3) is 0 Å². The number of hydrogen-bond acceptors (Lipinski definition) is 3. The van der Waals surface area contributed by atoms with E-state index in [1.165, 1.54) is 0 Å². The van der Waals surface area contributed by atoms with Crippen molar-refractivity contribution in [3.63, 3.8) is 0 Å². The number of ether oxygens (including phenoxy) is 1. The Labute approximate surface area is 89.1 Å². The summed E-state index contributed by atoms with van der Waals surface area (Å²) >= 11 is 0. The lowest BCUT2D eigenvalue weighted by atomic mass is 10.1. The van der Waals surface area contributed by atoms with E-state index < -0.39 is 0 Å². The highest BCUT2D eigenvalue weighted by Gasteiger charge is 2.08. The van der Waals surface area contributed by atoms with E-state index in [-0.39, 0.29) is 0 Å². The summed E-state index contributed by atoms with van der Waals surface area (Å²) in [6.45, 7) is 4.24. The average molecular weight is 202 g/mol. The fraction of sp³-hybridized carbons (Fsp3) is 0.333. The minimum Gasteiger partial charge on any atom is -0.496 e. The maximum Gasteiger partial charge on any atom is 0.131 e. The van der Waals surface area contributed by atoms with E-state index in [1.807, 2.05) is 12.1 Å². The van der Waals surface area contributed by atoms with Gasteiger partial charge in [-0.2, -0.15) is 0 Å². The van der Waals surface area contributed by atoms with E-state index in [0.29, 0.717) is 5.92 Å². The number of methoxy groups -OCH3 is 1. The Balaban J connectivity index is 2.71. The van der Waals surface area contributed by atoms with E-state index in [1.54, 1.807) is 19.5 Å². The molecule has 2 rings (SSSR count). The third kappa shape index (κ3) is 1.77. The van der Waals surface area contributed by atoms with E-state index in [9.17, 15) is 0 Å². The highest BCUT2D eigenvalue weighted by Crippen LogP contribution is 2.26. The van der Waals surface area contributed by atoms with Gasteiger partial charge in [-0.3, -0.25) is 9.97 Å². The van der Waals surface area contributed by atoms with Gasteiger partial charge in [0, 0.05) is 24.2 Å². The monoisotopic (exact) mass is 202 g/mol. The van der Waals surface area contributed by atoms with Crippen LogP contribution in [0.5, 0.6) is 5.75 Å². The van der Waals surface area contributed by atoms with Gasteiger partial charge in [0.1, 0.15) is 5.75 Å². The predicted molar refractivity (Wildman–Crippen MR) is 60.2 cm³/mol. The average Bonchev–Trinajstić information content (AvgIpc) is 2.27. The lowest BCUT2D eigenvalue weighted by molar-refractivity contribution is 0.418. The van der Waals surface area contributed by atoms with Crippen molar-refractivity contribution in [1.29, 1.82) is 0 Å². The van der Waals surface area contributed by atoms with Gasteiger partial charge in [-0.15, -0.1) is 0 Å². The molecule has 2 heterocycles. The first kappa shape index (κ1) is 9.90. The van der Waals surface area contributed by atoms with E-state index in [0.717, 1.165) is 22.3 Å². The number of pyridine rings is 2. The summed E-state index contributed by atoms with van der Waals surface area (Å²) in [7, 11) is 1.67. The van der Waals surface area contributed by atoms with Gasteiger partial charge in [0.05, 0.1) is 18.0 Å². The normalized spacial score (nSPS) is 10.9. The maximum atomic E-state index is 5.34. The number of aromatic nitrogens is 2. The maximum absolute atomic E-state index is 5.34. The molecule has 2 aromatic rings. The molecule has 0 unspecified atom stereocenters. The van der Waals surface area contributed by atoms with Gasteiger partial charge in [-0.25, -0.2) is 0 Å². The van der Waals surface area contributed by atoms with Crippen LogP contribution in [-0.2, 0) is 0 Å². The Bertz CT molecular complexity index is 480. The first-order chi connectivity index (χ1) is 7.22. The van der Waals surface area contributed by atoms with Crippen molar-refractivity contribution in [2.45, 2.75) is 19.8 Å². The first-order valence-electron chi connectivity index (χ1n) is 5.01. The topological polar surface area (TPSA) is 35.0 Å². The Morgan fingerprint density at radius 3 is 2.80 bits per heavy atom. The molecule has 0 fully saturated rings. The predicted octanol–water partition coefficient (Wildman–Crippen LogP) is 2.76. The Morgan fingerprint density at radius 1 is 1.33 bits per heavy atom. The molecule has 0 aliphatic heterocycles. The minimum atomic E-state index is 0.400. The molecular formula is C12H14N2O. The molecule has 0 atom stereocenters. The first-order valence-corrected chi connectivity index (χ1v) is 5.01. The molecule has 0 N–H and O–H groups in total. The molecule has 3 heteroatoms. The molecule has 0 radical (unpaired) electrons. The summed E-state index contributed by atoms with van der Waals surface area (Å²) in [5.74, 6) is 1.24.